The van der Waals surface area contributed by atoms with Crippen molar-refractivity contribution >= 4 is 23.0 Å². The lowest BCUT2D eigenvalue weighted by atomic mass is 10.4. The highest BCUT2D eigenvalue weighted by molar-refractivity contribution is 7.80. The first kappa shape index (κ1) is 12.8. The van der Waals surface area contributed by atoms with Crippen LogP contribution in [0.2, 0.25) is 0 Å². The van der Waals surface area contributed by atoms with Crippen molar-refractivity contribution in [3.8, 4) is 0 Å². The Hall–Kier alpha value is -1.27. The second kappa shape index (κ2) is 6.34. The van der Waals surface area contributed by atoms with Crippen LogP contribution in [-0.2, 0) is 4.74 Å². The fourth-order valence-electron chi connectivity index (χ4n) is 1.11. The van der Waals surface area contributed by atoms with E-state index in [1.165, 1.54) is 0 Å². The highest BCUT2D eigenvalue weighted by Gasteiger charge is 2.04. The number of hydrogen-bond donors (Lipinski definition) is 1. The molecule has 6 heteroatoms. The molecule has 0 saturated heterocycles. The quantitative estimate of drug-likeness (QED) is 0.580. The minimum atomic E-state index is 0.260. The molecule has 0 spiro atoms. The average molecular weight is 240 g/mol. The zero-order chi connectivity index (χ0) is 12.0. The van der Waals surface area contributed by atoms with Crippen LogP contribution in [-0.4, -0.2) is 41.8 Å². The number of aromatic nitrogens is 2. The highest BCUT2D eigenvalue weighted by atomic mass is 32.1. The van der Waals surface area contributed by atoms with Crippen LogP contribution in [0, 0.1) is 0 Å². The number of ether oxygens (including phenoxy) is 1. The summed E-state index contributed by atoms with van der Waals surface area (Å²) in [6.07, 6.45) is 3.23. The molecule has 2 N–H and O–H groups in total. The van der Waals surface area contributed by atoms with E-state index in [1.54, 1.807) is 12.4 Å². The van der Waals surface area contributed by atoms with Gasteiger partial charge in [0.15, 0.2) is 0 Å². The molecule has 1 heterocycles. The Morgan fingerprint density at radius 2 is 2.25 bits per heavy atom. The van der Waals surface area contributed by atoms with Gasteiger partial charge >= 0.3 is 0 Å². The van der Waals surface area contributed by atoms with Crippen molar-refractivity contribution in [1.29, 1.82) is 0 Å². The van der Waals surface area contributed by atoms with Gasteiger partial charge in [-0.3, -0.25) is 0 Å². The molecular weight excluding hydrogens is 224 g/mol. The number of rotatable bonds is 6. The van der Waals surface area contributed by atoms with E-state index in [2.05, 4.69) is 9.97 Å². The lowest BCUT2D eigenvalue weighted by molar-refractivity contribution is 0.154. The first-order valence-electron chi connectivity index (χ1n) is 5.06. The number of anilines is 1. The third-order valence-corrected chi connectivity index (χ3v) is 2.27. The van der Waals surface area contributed by atoms with Gasteiger partial charge in [-0.05, 0) is 6.92 Å². The summed E-state index contributed by atoms with van der Waals surface area (Å²) >= 11 is 4.80. The maximum Gasteiger partial charge on any atom is 0.146 e. The highest BCUT2D eigenvalue weighted by Crippen LogP contribution is 2.06. The first-order chi connectivity index (χ1) is 7.65. The van der Waals surface area contributed by atoms with E-state index in [9.17, 15) is 0 Å². The zero-order valence-corrected chi connectivity index (χ0v) is 10.3. The van der Waals surface area contributed by atoms with E-state index in [0.717, 1.165) is 19.0 Å². The summed E-state index contributed by atoms with van der Waals surface area (Å²) in [6, 6.07) is 0. The third kappa shape index (κ3) is 3.71. The van der Waals surface area contributed by atoms with Crippen molar-refractivity contribution in [2.24, 2.45) is 5.73 Å². The molecule has 88 valence electrons. The van der Waals surface area contributed by atoms with Crippen LogP contribution < -0.4 is 10.6 Å². The Labute approximate surface area is 101 Å². The first-order valence-corrected chi connectivity index (χ1v) is 5.46. The van der Waals surface area contributed by atoms with Gasteiger partial charge in [0, 0.05) is 20.2 Å². The van der Waals surface area contributed by atoms with Gasteiger partial charge in [-0.25, -0.2) is 9.97 Å². The van der Waals surface area contributed by atoms with Gasteiger partial charge in [0.2, 0.25) is 0 Å². The molecule has 0 aliphatic rings. The molecule has 16 heavy (non-hydrogen) atoms. The van der Waals surface area contributed by atoms with Crippen molar-refractivity contribution < 1.29 is 4.74 Å². The van der Waals surface area contributed by atoms with E-state index in [-0.39, 0.29) is 4.99 Å². The summed E-state index contributed by atoms with van der Waals surface area (Å²) in [4.78, 5) is 10.6. The molecule has 0 aliphatic heterocycles. The van der Waals surface area contributed by atoms with E-state index < -0.39 is 0 Å². The normalized spacial score (nSPS) is 10.1. The maximum absolute atomic E-state index is 5.43. The lowest BCUT2D eigenvalue weighted by Gasteiger charge is -2.17. The van der Waals surface area contributed by atoms with Crippen LogP contribution in [0.1, 0.15) is 12.6 Å². The molecule has 0 aromatic carbocycles. The summed E-state index contributed by atoms with van der Waals surface area (Å²) in [5, 5.41) is 0. The van der Waals surface area contributed by atoms with Crippen LogP contribution in [0.5, 0.6) is 0 Å². The van der Waals surface area contributed by atoms with Crippen molar-refractivity contribution in [1.82, 2.24) is 9.97 Å². The molecule has 0 bridgehead atoms. The zero-order valence-electron chi connectivity index (χ0n) is 9.51. The summed E-state index contributed by atoms with van der Waals surface area (Å²) in [6.45, 7) is 4.14. The molecule has 0 radical (unpaired) electrons. The van der Waals surface area contributed by atoms with Gasteiger partial charge in [0.05, 0.1) is 19.0 Å². The maximum atomic E-state index is 5.43. The number of thiocarbonyl (C=S) groups is 1. The van der Waals surface area contributed by atoms with Crippen LogP contribution in [0.4, 0.5) is 5.82 Å². The summed E-state index contributed by atoms with van der Waals surface area (Å²) < 4.78 is 5.26. The smallest absolute Gasteiger partial charge is 0.146 e. The van der Waals surface area contributed by atoms with E-state index in [0.29, 0.717) is 12.3 Å². The average Bonchev–Trinajstić information content (AvgIpc) is 2.29. The fraction of sp³-hybridized carbons (Fsp3) is 0.500. The molecule has 0 amide bonds. The van der Waals surface area contributed by atoms with Crippen molar-refractivity contribution in [2.75, 3.05) is 31.7 Å². The van der Waals surface area contributed by atoms with Crippen molar-refractivity contribution in [3.05, 3.63) is 18.1 Å². The summed E-state index contributed by atoms with van der Waals surface area (Å²) in [7, 11) is 1.93. The number of likely N-dealkylation sites (N-methyl/N-ethyl adjacent to an activating group) is 1. The Kier molecular flexibility index (Phi) is 5.07. The van der Waals surface area contributed by atoms with Gasteiger partial charge in [-0.15, -0.1) is 0 Å². The molecule has 5 nitrogen and oxygen atoms in total. The Morgan fingerprint density at radius 1 is 1.50 bits per heavy atom. The minimum absolute atomic E-state index is 0.260. The van der Waals surface area contributed by atoms with Gasteiger partial charge in [-0.1, -0.05) is 12.2 Å². The minimum Gasteiger partial charge on any atom is -0.388 e. The molecule has 1 aromatic rings. The number of hydrogen-bond acceptors (Lipinski definition) is 5. The van der Waals surface area contributed by atoms with Gasteiger partial charge in [0.1, 0.15) is 16.5 Å². The molecular formula is C10H16N4OS. The number of nitrogens with zero attached hydrogens (tertiary/aromatic N) is 3. The van der Waals surface area contributed by atoms with Gasteiger partial charge in [0.25, 0.3) is 0 Å². The van der Waals surface area contributed by atoms with Crippen LogP contribution in [0.3, 0.4) is 0 Å². The fourth-order valence-corrected chi connectivity index (χ4v) is 1.21. The summed E-state index contributed by atoms with van der Waals surface area (Å²) in [5.41, 5.74) is 5.97. The largest absolute Gasteiger partial charge is 0.388 e. The molecule has 0 atom stereocenters. The SMILES string of the molecule is CCOCCN(C)c1cnc(C(N)=S)cn1. The van der Waals surface area contributed by atoms with Crippen LogP contribution in [0.15, 0.2) is 12.4 Å². The molecule has 1 rings (SSSR count). The van der Waals surface area contributed by atoms with Gasteiger partial charge < -0.3 is 15.4 Å². The molecule has 1 aromatic heterocycles. The summed E-state index contributed by atoms with van der Waals surface area (Å²) in [5.74, 6) is 0.778. The van der Waals surface area contributed by atoms with E-state index in [1.807, 2.05) is 18.9 Å². The second-order valence-electron chi connectivity index (χ2n) is 3.24. The topological polar surface area (TPSA) is 64.3 Å². The third-order valence-electron chi connectivity index (χ3n) is 2.06. The Morgan fingerprint density at radius 3 is 2.75 bits per heavy atom. The molecule has 0 unspecified atom stereocenters. The predicted molar refractivity (Wildman–Crippen MR) is 67.7 cm³/mol. The number of nitrogens with two attached hydrogens (primary N) is 1. The Balaban J connectivity index is 2.56. The van der Waals surface area contributed by atoms with E-state index >= 15 is 0 Å². The Bertz CT molecular complexity index is 341. The molecule has 0 fully saturated rings. The standard InChI is InChI=1S/C10H16N4OS/c1-3-15-5-4-14(2)9-7-12-8(6-13-9)10(11)16/h6-7H,3-5H2,1-2H3,(H2,11,16). The van der Waals surface area contributed by atoms with Gasteiger partial charge in [-0.2, -0.15) is 0 Å². The van der Waals surface area contributed by atoms with E-state index in [4.69, 9.17) is 22.7 Å². The lowest BCUT2D eigenvalue weighted by Crippen LogP contribution is -2.24. The van der Waals surface area contributed by atoms with Crippen LogP contribution in [0.25, 0.3) is 0 Å². The van der Waals surface area contributed by atoms with Crippen molar-refractivity contribution in [2.45, 2.75) is 6.92 Å². The van der Waals surface area contributed by atoms with Crippen LogP contribution >= 0.6 is 12.2 Å². The molecule has 0 aliphatic carbocycles. The second-order valence-corrected chi connectivity index (χ2v) is 3.68. The molecule has 0 saturated carbocycles. The van der Waals surface area contributed by atoms with Crippen molar-refractivity contribution in [3.63, 3.8) is 0 Å². The monoisotopic (exact) mass is 240 g/mol. The predicted octanol–water partition coefficient (Wildman–Crippen LogP) is 0.584.